The van der Waals surface area contributed by atoms with E-state index in [1.807, 2.05) is 0 Å². The summed E-state index contributed by atoms with van der Waals surface area (Å²) in [6.07, 6.45) is 0. The predicted molar refractivity (Wildman–Crippen MR) is 77.4 cm³/mol. The van der Waals surface area contributed by atoms with E-state index in [4.69, 9.17) is 33.7 Å². The summed E-state index contributed by atoms with van der Waals surface area (Å²) in [5.41, 5.74) is 6.33. The maximum absolute atomic E-state index is 12.1. The molecule has 3 N–H and O–H groups in total. The Morgan fingerprint density at radius 3 is 2.70 bits per heavy atom. The van der Waals surface area contributed by atoms with E-state index in [1.54, 1.807) is 12.1 Å². The SMILES string of the molecule is COc1ccc(N)c(C(=O)Nc2cc(Cl)nc(Cl)n2)c1. The second-order valence-corrected chi connectivity index (χ2v) is 4.48. The average molecular weight is 313 g/mol. The van der Waals surface area contributed by atoms with Crippen LogP contribution in [0.15, 0.2) is 24.3 Å². The van der Waals surface area contributed by atoms with E-state index >= 15 is 0 Å². The van der Waals surface area contributed by atoms with Crippen molar-refractivity contribution in [2.75, 3.05) is 18.2 Å². The molecule has 1 amide bonds. The number of ether oxygens (including phenoxy) is 1. The first kappa shape index (κ1) is 14.4. The molecule has 8 heteroatoms. The first-order valence-electron chi connectivity index (χ1n) is 5.44. The van der Waals surface area contributed by atoms with Crippen LogP contribution in [0.25, 0.3) is 0 Å². The van der Waals surface area contributed by atoms with Crippen LogP contribution in [0.3, 0.4) is 0 Å². The monoisotopic (exact) mass is 312 g/mol. The summed E-state index contributed by atoms with van der Waals surface area (Å²) in [6.45, 7) is 0. The summed E-state index contributed by atoms with van der Waals surface area (Å²) in [5.74, 6) is 0.248. The second kappa shape index (κ2) is 5.94. The van der Waals surface area contributed by atoms with Gasteiger partial charge < -0.3 is 15.8 Å². The molecule has 104 valence electrons. The number of carbonyl (C=O) groups is 1. The van der Waals surface area contributed by atoms with Crippen LogP contribution < -0.4 is 15.8 Å². The Morgan fingerprint density at radius 2 is 2.05 bits per heavy atom. The Morgan fingerprint density at radius 1 is 1.30 bits per heavy atom. The van der Waals surface area contributed by atoms with E-state index in [-0.39, 0.29) is 21.8 Å². The molecule has 2 aromatic rings. The molecule has 2 rings (SSSR count). The Bertz CT molecular complexity index is 644. The molecule has 0 aliphatic heterocycles. The van der Waals surface area contributed by atoms with Gasteiger partial charge in [-0.15, -0.1) is 0 Å². The summed E-state index contributed by atoms with van der Waals surface area (Å²) in [4.78, 5) is 19.7. The highest BCUT2D eigenvalue weighted by Crippen LogP contribution is 2.21. The summed E-state index contributed by atoms with van der Waals surface area (Å²) < 4.78 is 5.05. The van der Waals surface area contributed by atoms with E-state index in [1.165, 1.54) is 19.2 Å². The van der Waals surface area contributed by atoms with E-state index in [2.05, 4.69) is 15.3 Å². The van der Waals surface area contributed by atoms with E-state index in [9.17, 15) is 4.79 Å². The smallest absolute Gasteiger partial charge is 0.259 e. The summed E-state index contributed by atoms with van der Waals surface area (Å²) in [7, 11) is 1.50. The first-order chi connectivity index (χ1) is 9.49. The maximum atomic E-state index is 12.1. The van der Waals surface area contributed by atoms with Gasteiger partial charge >= 0.3 is 0 Å². The van der Waals surface area contributed by atoms with E-state index in [0.717, 1.165) is 0 Å². The third-order valence-electron chi connectivity index (χ3n) is 2.41. The normalized spacial score (nSPS) is 10.2. The molecule has 6 nitrogen and oxygen atoms in total. The van der Waals surface area contributed by atoms with Gasteiger partial charge in [0.2, 0.25) is 5.28 Å². The van der Waals surface area contributed by atoms with Gasteiger partial charge in [0, 0.05) is 11.8 Å². The van der Waals surface area contributed by atoms with Crippen molar-refractivity contribution in [1.29, 1.82) is 0 Å². The molecule has 0 spiro atoms. The van der Waals surface area contributed by atoms with Crippen molar-refractivity contribution >= 4 is 40.6 Å². The predicted octanol–water partition coefficient (Wildman–Crippen LogP) is 2.63. The lowest BCUT2D eigenvalue weighted by Gasteiger charge is -2.09. The summed E-state index contributed by atoms with van der Waals surface area (Å²) in [5, 5.41) is 2.60. The van der Waals surface area contributed by atoms with Crippen LogP contribution in [-0.2, 0) is 0 Å². The van der Waals surface area contributed by atoms with Crippen molar-refractivity contribution < 1.29 is 9.53 Å². The first-order valence-corrected chi connectivity index (χ1v) is 6.20. The minimum Gasteiger partial charge on any atom is -0.497 e. The number of hydrogen-bond acceptors (Lipinski definition) is 5. The van der Waals surface area contributed by atoms with Gasteiger partial charge in [0.15, 0.2) is 0 Å². The van der Waals surface area contributed by atoms with E-state index < -0.39 is 5.91 Å². The fourth-order valence-corrected chi connectivity index (χ4v) is 1.91. The quantitative estimate of drug-likeness (QED) is 0.516. The van der Waals surface area contributed by atoms with Gasteiger partial charge in [-0.1, -0.05) is 11.6 Å². The number of aromatic nitrogens is 2. The number of hydrogen-bond donors (Lipinski definition) is 2. The van der Waals surface area contributed by atoms with Gasteiger partial charge in [0.25, 0.3) is 5.91 Å². The molecule has 0 saturated heterocycles. The number of anilines is 2. The van der Waals surface area contributed by atoms with Crippen molar-refractivity contribution in [3.8, 4) is 5.75 Å². The topological polar surface area (TPSA) is 90.1 Å². The van der Waals surface area contributed by atoms with Crippen LogP contribution in [0.4, 0.5) is 11.5 Å². The number of nitrogens with one attached hydrogen (secondary N) is 1. The van der Waals surface area contributed by atoms with Crippen LogP contribution in [0.5, 0.6) is 5.75 Å². The average Bonchev–Trinajstić information content (AvgIpc) is 2.37. The second-order valence-electron chi connectivity index (χ2n) is 3.75. The van der Waals surface area contributed by atoms with Crippen LogP contribution >= 0.6 is 23.2 Å². The molecule has 0 bridgehead atoms. The Kier molecular flexibility index (Phi) is 4.26. The molecular weight excluding hydrogens is 303 g/mol. The van der Waals surface area contributed by atoms with Crippen molar-refractivity contribution in [1.82, 2.24) is 9.97 Å². The fraction of sp³-hybridized carbons (Fsp3) is 0.0833. The number of carbonyl (C=O) groups excluding carboxylic acids is 1. The molecule has 0 atom stereocenters. The summed E-state index contributed by atoms with van der Waals surface area (Å²) >= 11 is 11.4. The maximum Gasteiger partial charge on any atom is 0.259 e. The Labute approximate surface area is 124 Å². The number of nitrogen functional groups attached to an aromatic ring is 1. The lowest BCUT2D eigenvalue weighted by atomic mass is 10.1. The zero-order chi connectivity index (χ0) is 14.7. The zero-order valence-electron chi connectivity index (χ0n) is 10.4. The van der Waals surface area contributed by atoms with Gasteiger partial charge in [0.05, 0.1) is 12.7 Å². The highest BCUT2D eigenvalue weighted by Gasteiger charge is 2.13. The largest absolute Gasteiger partial charge is 0.497 e. The molecule has 0 aliphatic rings. The van der Waals surface area contributed by atoms with Crippen LogP contribution in [-0.4, -0.2) is 23.0 Å². The van der Waals surface area contributed by atoms with Crippen LogP contribution in [0.1, 0.15) is 10.4 Å². The van der Waals surface area contributed by atoms with Gasteiger partial charge in [-0.25, -0.2) is 9.97 Å². The minimum absolute atomic E-state index is 0.0635. The minimum atomic E-state index is -0.452. The number of nitrogens with zero attached hydrogens (tertiary/aromatic N) is 2. The van der Waals surface area contributed by atoms with Crippen LogP contribution in [0, 0.1) is 0 Å². The molecule has 0 radical (unpaired) electrons. The van der Waals surface area contributed by atoms with Gasteiger partial charge in [-0.05, 0) is 29.8 Å². The number of amides is 1. The van der Waals surface area contributed by atoms with E-state index in [0.29, 0.717) is 11.4 Å². The molecule has 0 saturated carbocycles. The molecule has 0 fully saturated rings. The number of benzene rings is 1. The fourth-order valence-electron chi connectivity index (χ4n) is 1.50. The Hall–Kier alpha value is -2.05. The van der Waals surface area contributed by atoms with Crippen molar-refractivity contribution in [3.05, 3.63) is 40.3 Å². The highest BCUT2D eigenvalue weighted by atomic mass is 35.5. The Balaban J connectivity index is 2.27. The lowest BCUT2D eigenvalue weighted by molar-refractivity contribution is 0.102. The standard InChI is InChI=1S/C12H10Cl2N4O2/c1-20-6-2-3-8(15)7(4-6)11(19)17-10-5-9(13)16-12(14)18-10/h2-5H,15H2,1H3,(H,16,17,18,19). The molecule has 1 heterocycles. The third-order valence-corrected chi connectivity index (χ3v) is 2.78. The van der Waals surface area contributed by atoms with Gasteiger partial charge in [0.1, 0.15) is 16.7 Å². The van der Waals surface area contributed by atoms with Crippen LogP contribution in [0.2, 0.25) is 10.4 Å². The molecule has 20 heavy (non-hydrogen) atoms. The number of methoxy groups -OCH3 is 1. The van der Waals surface area contributed by atoms with Crippen molar-refractivity contribution in [2.24, 2.45) is 0 Å². The zero-order valence-corrected chi connectivity index (χ0v) is 11.9. The number of nitrogens with two attached hydrogens (primary N) is 1. The van der Waals surface area contributed by atoms with Gasteiger partial charge in [-0.2, -0.15) is 0 Å². The highest BCUT2D eigenvalue weighted by molar-refractivity contribution is 6.32. The summed E-state index contributed by atoms with van der Waals surface area (Å²) in [6, 6.07) is 6.13. The molecule has 0 unspecified atom stereocenters. The molecule has 1 aromatic heterocycles. The number of rotatable bonds is 3. The molecule has 0 aliphatic carbocycles. The van der Waals surface area contributed by atoms with Crippen molar-refractivity contribution in [3.63, 3.8) is 0 Å². The van der Waals surface area contributed by atoms with Crippen molar-refractivity contribution in [2.45, 2.75) is 0 Å². The van der Waals surface area contributed by atoms with Gasteiger partial charge in [-0.3, -0.25) is 4.79 Å². The number of halogens is 2. The lowest BCUT2D eigenvalue weighted by Crippen LogP contribution is -2.15. The molecular formula is C12H10Cl2N4O2. The molecule has 1 aromatic carbocycles. The third kappa shape index (κ3) is 3.28.